The Morgan fingerprint density at radius 3 is 2.16 bits per heavy atom. The van der Waals surface area contributed by atoms with Gasteiger partial charge in [0.15, 0.2) is 0 Å². The molecule has 1 N–H and O–H groups in total. The molecule has 32 heavy (non-hydrogen) atoms. The lowest BCUT2D eigenvalue weighted by atomic mass is 10.0. The van der Waals surface area contributed by atoms with Crippen molar-refractivity contribution in [2.45, 2.75) is 0 Å². The molecule has 154 valence electrons. The highest BCUT2D eigenvalue weighted by Gasteiger charge is 2.20. The largest absolute Gasteiger partial charge is 0.315 e. The molecule has 6 rings (SSSR count). The highest BCUT2D eigenvalue weighted by molar-refractivity contribution is 6.15. The summed E-state index contributed by atoms with van der Waals surface area (Å²) in [6.07, 6.45) is 4.33. The van der Waals surface area contributed by atoms with E-state index in [1.54, 1.807) is 0 Å². The summed E-state index contributed by atoms with van der Waals surface area (Å²) in [6.45, 7) is 0. The van der Waals surface area contributed by atoms with E-state index in [0.717, 1.165) is 16.8 Å². The van der Waals surface area contributed by atoms with Gasteiger partial charge in [-0.25, -0.2) is 0 Å². The molecule has 5 aromatic carbocycles. The SMILES string of the molecule is CN(C(=N)N(C)c1cccc2cc3ccccc3cc12)c1ccc2cccc3c2c1C=C3. The quantitative estimate of drug-likeness (QED) is 0.186. The van der Waals surface area contributed by atoms with Crippen molar-refractivity contribution in [2.24, 2.45) is 0 Å². The predicted octanol–water partition coefficient (Wildman–Crippen LogP) is 7.14. The fraction of sp³-hybridized carbons (Fsp3) is 0.0690. The fourth-order valence-electron chi connectivity index (χ4n) is 4.89. The van der Waals surface area contributed by atoms with Crippen molar-refractivity contribution in [3.8, 4) is 0 Å². The van der Waals surface area contributed by atoms with Crippen LogP contribution >= 0.6 is 0 Å². The van der Waals surface area contributed by atoms with E-state index in [9.17, 15) is 0 Å². The summed E-state index contributed by atoms with van der Waals surface area (Å²) in [7, 11) is 3.95. The van der Waals surface area contributed by atoms with Crippen LogP contribution in [-0.2, 0) is 0 Å². The maximum absolute atomic E-state index is 9.04. The summed E-state index contributed by atoms with van der Waals surface area (Å²) in [6, 6.07) is 29.9. The molecule has 1 aliphatic rings. The van der Waals surface area contributed by atoms with Crippen LogP contribution in [-0.4, -0.2) is 20.1 Å². The van der Waals surface area contributed by atoms with Crippen molar-refractivity contribution in [2.75, 3.05) is 23.9 Å². The number of anilines is 2. The van der Waals surface area contributed by atoms with Crippen molar-refractivity contribution in [3.05, 3.63) is 96.1 Å². The Bertz CT molecular complexity index is 1580. The molecule has 1 aliphatic carbocycles. The molecular formula is C29H23N3. The molecule has 0 aliphatic heterocycles. The van der Waals surface area contributed by atoms with Gasteiger partial charge in [0, 0.05) is 25.0 Å². The molecule has 0 saturated carbocycles. The molecule has 0 unspecified atom stereocenters. The van der Waals surface area contributed by atoms with Crippen molar-refractivity contribution in [1.29, 1.82) is 5.41 Å². The summed E-state index contributed by atoms with van der Waals surface area (Å²) in [5.74, 6) is 0.430. The second-order valence-corrected chi connectivity index (χ2v) is 8.42. The average Bonchev–Trinajstić information content (AvgIpc) is 3.27. The van der Waals surface area contributed by atoms with E-state index in [2.05, 4.69) is 97.1 Å². The maximum Gasteiger partial charge on any atom is 0.202 e. The first-order valence-electron chi connectivity index (χ1n) is 10.8. The van der Waals surface area contributed by atoms with Crippen LogP contribution in [0.3, 0.4) is 0 Å². The summed E-state index contributed by atoms with van der Waals surface area (Å²) >= 11 is 0. The first kappa shape index (κ1) is 18.6. The summed E-state index contributed by atoms with van der Waals surface area (Å²) in [5, 5.41) is 16.3. The van der Waals surface area contributed by atoms with Crippen LogP contribution in [0.15, 0.2) is 84.9 Å². The van der Waals surface area contributed by atoms with Gasteiger partial charge in [0.2, 0.25) is 5.96 Å². The Balaban J connectivity index is 1.43. The first-order valence-corrected chi connectivity index (χ1v) is 10.8. The number of hydrogen-bond donors (Lipinski definition) is 1. The van der Waals surface area contributed by atoms with Crippen LogP contribution in [0.1, 0.15) is 11.1 Å². The lowest BCUT2D eigenvalue weighted by Crippen LogP contribution is -2.40. The Labute approximate surface area is 187 Å². The molecule has 0 atom stereocenters. The molecule has 0 saturated heterocycles. The van der Waals surface area contributed by atoms with Crippen LogP contribution < -0.4 is 9.80 Å². The van der Waals surface area contributed by atoms with Gasteiger partial charge in [0.25, 0.3) is 0 Å². The number of fused-ring (bicyclic) bond motifs is 2. The van der Waals surface area contributed by atoms with E-state index in [-0.39, 0.29) is 0 Å². The molecular weight excluding hydrogens is 390 g/mol. The van der Waals surface area contributed by atoms with Crippen LogP contribution in [0.4, 0.5) is 11.4 Å². The van der Waals surface area contributed by atoms with E-state index in [0.29, 0.717) is 5.96 Å². The maximum atomic E-state index is 9.04. The third kappa shape index (κ3) is 2.71. The minimum atomic E-state index is 0.430. The second kappa shape index (κ2) is 6.96. The minimum absolute atomic E-state index is 0.430. The van der Waals surface area contributed by atoms with Crippen LogP contribution in [0.25, 0.3) is 44.5 Å². The second-order valence-electron chi connectivity index (χ2n) is 8.42. The molecule has 0 spiro atoms. The third-order valence-electron chi connectivity index (χ3n) is 6.61. The molecule has 0 bridgehead atoms. The van der Waals surface area contributed by atoms with Crippen LogP contribution in [0.2, 0.25) is 0 Å². The lowest BCUT2D eigenvalue weighted by Gasteiger charge is -2.30. The van der Waals surface area contributed by atoms with Gasteiger partial charge >= 0.3 is 0 Å². The van der Waals surface area contributed by atoms with Gasteiger partial charge < -0.3 is 9.80 Å². The minimum Gasteiger partial charge on any atom is -0.315 e. The standard InChI is InChI=1S/C29H23N3/c1-31(26-12-6-11-23-17-21-7-3-4-8-22(21)18-25(23)26)29(30)32(2)27-16-14-20-10-5-9-19-13-15-24(27)28(19)20/h3-18,30H,1-2H3. The number of rotatable bonds is 2. The zero-order valence-corrected chi connectivity index (χ0v) is 18.1. The summed E-state index contributed by atoms with van der Waals surface area (Å²) in [4.78, 5) is 3.94. The summed E-state index contributed by atoms with van der Waals surface area (Å²) < 4.78 is 0. The Kier molecular flexibility index (Phi) is 4.05. The fourth-order valence-corrected chi connectivity index (χ4v) is 4.89. The van der Waals surface area contributed by atoms with E-state index in [1.165, 1.54) is 38.1 Å². The van der Waals surface area contributed by atoms with Gasteiger partial charge in [0.1, 0.15) is 0 Å². The Morgan fingerprint density at radius 1 is 0.625 bits per heavy atom. The monoisotopic (exact) mass is 413 g/mol. The van der Waals surface area contributed by atoms with Gasteiger partial charge in [-0.2, -0.15) is 0 Å². The first-order chi connectivity index (χ1) is 15.6. The number of nitrogens with one attached hydrogen (secondary N) is 1. The van der Waals surface area contributed by atoms with Crippen molar-refractivity contribution in [1.82, 2.24) is 0 Å². The molecule has 0 radical (unpaired) electrons. The number of nitrogens with zero attached hydrogens (tertiary/aromatic N) is 2. The Hall–Kier alpha value is -4.11. The molecule has 0 aromatic heterocycles. The van der Waals surface area contributed by atoms with Gasteiger partial charge in [-0.05, 0) is 56.8 Å². The molecule has 0 amide bonds. The smallest absolute Gasteiger partial charge is 0.202 e. The Morgan fingerprint density at radius 2 is 1.31 bits per heavy atom. The summed E-state index contributed by atoms with van der Waals surface area (Å²) in [5.41, 5.74) is 4.50. The molecule has 5 aromatic rings. The van der Waals surface area contributed by atoms with Gasteiger partial charge in [0.05, 0.1) is 11.4 Å². The van der Waals surface area contributed by atoms with Crippen molar-refractivity contribution < 1.29 is 0 Å². The highest BCUT2D eigenvalue weighted by atomic mass is 15.3. The molecule has 0 fully saturated rings. The highest BCUT2D eigenvalue weighted by Crippen LogP contribution is 2.38. The normalized spacial score (nSPS) is 12.1. The number of guanidine groups is 1. The van der Waals surface area contributed by atoms with Crippen molar-refractivity contribution >= 4 is 61.8 Å². The van der Waals surface area contributed by atoms with Gasteiger partial charge in [-0.3, -0.25) is 5.41 Å². The topological polar surface area (TPSA) is 30.3 Å². The average molecular weight is 414 g/mol. The number of benzene rings is 5. The zero-order chi connectivity index (χ0) is 21.8. The predicted molar refractivity (Wildman–Crippen MR) is 139 cm³/mol. The van der Waals surface area contributed by atoms with Crippen LogP contribution in [0.5, 0.6) is 0 Å². The van der Waals surface area contributed by atoms with E-state index < -0.39 is 0 Å². The number of hydrogen-bond acceptors (Lipinski definition) is 1. The molecule has 3 heteroatoms. The van der Waals surface area contributed by atoms with E-state index in [4.69, 9.17) is 5.41 Å². The third-order valence-corrected chi connectivity index (χ3v) is 6.61. The lowest BCUT2D eigenvalue weighted by molar-refractivity contribution is 1.12. The van der Waals surface area contributed by atoms with E-state index in [1.807, 2.05) is 23.9 Å². The molecule has 0 heterocycles. The van der Waals surface area contributed by atoms with Gasteiger partial charge in [-0.15, -0.1) is 0 Å². The molecule has 3 nitrogen and oxygen atoms in total. The van der Waals surface area contributed by atoms with Crippen molar-refractivity contribution in [3.63, 3.8) is 0 Å². The van der Waals surface area contributed by atoms with Crippen LogP contribution in [0, 0.1) is 5.41 Å². The zero-order valence-electron chi connectivity index (χ0n) is 18.1. The van der Waals surface area contributed by atoms with Gasteiger partial charge in [-0.1, -0.05) is 72.8 Å². The van der Waals surface area contributed by atoms with E-state index >= 15 is 0 Å².